The van der Waals surface area contributed by atoms with E-state index >= 15 is 0 Å². The number of halogens is 1. The van der Waals surface area contributed by atoms with Crippen LogP contribution in [0.5, 0.6) is 0 Å². The summed E-state index contributed by atoms with van der Waals surface area (Å²) in [4.78, 5) is 13.0. The van der Waals surface area contributed by atoms with Crippen LogP contribution in [0.15, 0.2) is 34.4 Å². The predicted octanol–water partition coefficient (Wildman–Crippen LogP) is 2.97. The number of pyridine rings is 1. The van der Waals surface area contributed by atoms with Gasteiger partial charge in [-0.1, -0.05) is 5.21 Å². The maximum Gasteiger partial charge on any atom is 0.221 e. The van der Waals surface area contributed by atoms with E-state index in [0.717, 1.165) is 25.9 Å². The summed E-state index contributed by atoms with van der Waals surface area (Å²) in [5.74, 6) is 0.186. The molecule has 4 aromatic heterocycles. The van der Waals surface area contributed by atoms with Gasteiger partial charge >= 0.3 is 0 Å². The number of nitrogens with two attached hydrogens (primary N) is 1. The highest BCUT2D eigenvalue weighted by Crippen LogP contribution is 2.35. The maximum absolute atomic E-state index is 10.2. The van der Waals surface area contributed by atoms with Crippen molar-refractivity contribution in [3.05, 3.63) is 45.6 Å². The van der Waals surface area contributed by atoms with Gasteiger partial charge in [-0.2, -0.15) is 0 Å². The van der Waals surface area contributed by atoms with Gasteiger partial charge in [0.2, 0.25) is 5.95 Å². The van der Waals surface area contributed by atoms with Crippen molar-refractivity contribution >= 4 is 43.4 Å². The molecule has 0 radical (unpaired) electrons. The molecule has 0 unspecified atom stereocenters. The molecule has 0 saturated heterocycles. The zero-order valence-electron chi connectivity index (χ0n) is 14.6. The van der Waals surface area contributed by atoms with E-state index in [1.165, 1.54) is 11.3 Å². The summed E-state index contributed by atoms with van der Waals surface area (Å²) in [6.45, 7) is 3.90. The minimum Gasteiger partial charge on any atom is -0.386 e. The first-order valence-corrected chi connectivity index (χ1v) is 9.77. The van der Waals surface area contributed by atoms with E-state index in [4.69, 9.17) is 5.73 Å². The van der Waals surface area contributed by atoms with Crippen LogP contribution in [0.1, 0.15) is 25.1 Å². The molecule has 0 saturated carbocycles. The molecule has 0 bridgehead atoms. The lowest BCUT2D eigenvalue weighted by molar-refractivity contribution is 0.0784. The average molecular weight is 446 g/mol. The Hall–Kier alpha value is -2.43. The molecule has 4 aromatic rings. The summed E-state index contributed by atoms with van der Waals surface area (Å²) < 4.78 is 3.45. The van der Waals surface area contributed by atoms with Crippen LogP contribution in [-0.4, -0.2) is 35.1 Å². The summed E-state index contributed by atoms with van der Waals surface area (Å²) in [7, 11) is 0. The van der Waals surface area contributed by atoms with Crippen molar-refractivity contribution in [2.45, 2.75) is 26.0 Å². The molecule has 0 fully saturated rings. The molecule has 0 aliphatic rings. The predicted molar refractivity (Wildman–Crippen MR) is 107 cm³/mol. The summed E-state index contributed by atoms with van der Waals surface area (Å²) >= 11 is 4.99. The Kier molecular flexibility index (Phi) is 4.41. The van der Waals surface area contributed by atoms with Crippen LogP contribution in [-0.2, 0) is 12.1 Å². The van der Waals surface area contributed by atoms with Gasteiger partial charge in [-0.3, -0.25) is 4.98 Å². The fourth-order valence-electron chi connectivity index (χ4n) is 2.68. The van der Waals surface area contributed by atoms with Crippen molar-refractivity contribution in [3.8, 4) is 11.4 Å². The molecule has 0 spiro atoms. The van der Waals surface area contributed by atoms with E-state index in [0.29, 0.717) is 17.9 Å². The van der Waals surface area contributed by atoms with Gasteiger partial charge in [0.15, 0.2) is 0 Å². The van der Waals surface area contributed by atoms with E-state index in [1.54, 1.807) is 37.0 Å². The second-order valence-corrected chi connectivity index (χ2v) is 8.32. The lowest BCUT2D eigenvalue weighted by Gasteiger charge is -2.18. The molecule has 3 N–H and O–H groups in total. The van der Waals surface area contributed by atoms with E-state index in [9.17, 15) is 5.11 Å². The molecular formula is C17H16BrN7OS. The zero-order chi connectivity index (χ0) is 19.2. The van der Waals surface area contributed by atoms with Gasteiger partial charge < -0.3 is 10.8 Å². The zero-order valence-corrected chi connectivity index (χ0v) is 17.0. The number of thiophene rings is 1. The molecule has 4 heterocycles. The minimum absolute atomic E-state index is 0.186. The maximum atomic E-state index is 10.2. The number of hydrogen-bond acceptors (Lipinski definition) is 8. The van der Waals surface area contributed by atoms with Crippen LogP contribution >= 0.6 is 27.3 Å². The molecule has 10 heteroatoms. The van der Waals surface area contributed by atoms with Crippen molar-refractivity contribution in [1.29, 1.82) is 0 Å². The van der Waals surface area contributed by atoms with Crippen LogP contribution in [0.25, 0.3) is 21.6 Å². The lowest BCUT2D eigenvalue weighted by atomic mass is 9.99. The summed E-state index contributed by atoms with van der Waals surface area (Å²) in [6.07, 6.45) is 3.48. The van der Waals surface area contributed by atoms with Crippen molar-refractivity contribution in [2.24, 2.45) is 0 Å². The highest BCUT2D eigenvalue weighted by molar-refractivity contribution is 9.10. The first-order valence-electron chi connectivity index (χ1n) is 8.10. The van der Waals surface area contributed by atoms with Gasteiger partial charge in [0.05, 0.1) is 33.2 Å². The largest absolute Gasteiger partial charge is 0.386 e. The SMILES string of the molecule is CC(C)(O)c1ccnc(Cn2cc(-c3nc(N)nc4c(Br)csc34)nn2)c1. The van der Waals surface area contributed by atoms with Crippen LogP contribution in [0.2, 0.25) is 0 Å². The summed E-state index contributed by atoms with van der Waals surface area (Å²) in [5, 5.41) is 20.5. The topological polar surface area (TPSA) is 116 Å². The fourth-order valence-corrected chi connectivity index (χ4v) is 4.24. The molecular weight excluding hydrogens is 430 g/mol. The number of aromatic nitrogens is 6. The standard InChI is InChI=1S/C17H16BrN7OS/c1-17(2,26)9-3-4-20-10(5-9)6-25-7-12(23-24-25)14-15-13(11(18)8-27-15)21-16(19)22-14/h3-5,7-8,26H,6H2,1-2H3,(H2,19,21,22). The van der Waals surface area contributed by atoms with Crippen molar-refractivity contribution in [1.82, 2.24) is 29.9 Å². The minimum atomic E-state index is -0.929. The first kappa shape index (κ1) is 18.0. The van der Waals surface area contributed by atoms with Crippen LogP contribution in [0, 0.1) is 0 Å². The van der Waals surface area contributed by atoms with Gasteiger partial charge in [-0.15, -0.1) is 16.4 Å². The first-order chi connectivity index (χ1) is 12.8. The monoisotopic (exact) mass is 445 g/mol. The Morgan fingerprint density at radius 3 is 2.93 bits per heavy atom. The van der Waals surface area contributed by atoms with Crippen LogP contribution in [0.3, 0.4) is 0 Å². The Morgan fingerprint density at radius 1 is 1.33 bits per heavy atom. The molecule has 4 rings (SSSR count). The Morgan fingerprint density at radius 2 is 2.15 bits per heavy atom. The molecule has 0 aliphatic heterocycles. The average Bonchev–Trinajstić information content (AvgIpc) is 3.21. The van der Waals surface area contributed by atoms with Crippen molar-refractivity contribution < 1.29 is 5.11 Å². The van der Waals surface area contributed by atoms with E-state index in [2.05, 4.69) is 41.2 Å². The Balaban J connectivity index is 1.67. The van der Waals surface area contributed by atoms with Crippen molar-refractivity contribution in [3.63, 3.8) is 0 Å². The van der Waals surface area contributed by atoms with E-state index in [-0.39, 0.29) is 5.95 Å². The van der Waals surface area contributed by atoms with Crippen LogP contribution in [0.4, 0.5) is 5.95 Å². The second-order valence-electron chi connectivity index (χ2n) is 6.59. The third-order valence-electron chi connectivity index (χ3n) is 4.02. The highest BCUT2D eigenvalue weighted by Gasteiger charge is 2.18. The third kappa shape index (κ3) is 3.55. The Labute approximate surface area is 167 Å². The van der Waals surface area contributed by atoms with Crippen LogP contribution < -0.4 is 5.73 Å². The molecule has 138 valence electrons. The number of nitrogen functional groups attached to an aromatic ring is 1. The van der Waals surface area contributed by atoms with E-state index in [1.807, 2.05) is 11.4 Å². The second kappa shape index (κ2) is 6.63. The van der Waals surface area contributed by atoms with Crippen molar-refractivity contribution in [2.75, 3.05) is 5.73 Å². The number of rotatable bonds is 4. The van der Waals surface area contributed by atoms with Gasteiger partial charge in [0, 0.05) is 11.6 Å². The highest BCUT2D eigenvalue weighted by atomic mass is 79.9. The Bertz CT molecular complexity index is 1130. The summed E-state index contributed by atoms with van der Waals surface area (Å²) in [6, 6.07) is 3.66. The van der Waals surface area contributed by atoms with Gasteiger partial charge in [0.1, 0.15) is 16.9 Å². The normalized spacial score (nSPS) is 12.0. The molecule has 0 atom stereocenters. The number of nitrogens with zero attached hydrogens (tertiary/aromatic N) is 6. The molecule has 0 amide bonds. The van der Waals surface area contributed by atoms with E-state index < -0.39 is 5.60 Å². The molecule has 0 aliphatic carbocycles. The fraction of sp³-hybridized carbons (Fsp3) is 0.235. The quantitative estimate of drug-likeness (QED) is 0.495. The molecule has 8 nitrogen and oxygen atoms in total. The molecule has 27 heavy (non-hydrogen) atoms. The molecule has 0 aromatic carbocycles. The smallest absolute Gasteiger partial charge is 0.221 e. The van der Waals surface area contributed by atoms with Gasteiger partial charge in [0.25, 0.3) is 0 Å². The third-order valence-corrected chi connectivity index (χ3v) is 5.90. The number of aliphatic hydroxyl groups is 1. The summed E-state index contributed by atoms with van der Waals surface area (Å²) in [5.41, 5.74) is 8.51. The van der Waals surface area contributed by atoms with Gasteiger partial charge in [-0.05, 0) is 47.5 Å². The number of hydrogen-bond donors (Lipinski definition) is 2. The lowest BCUT2D eigenvalue weighted by Crippen LogP contribution is -2.16. The van der Waals surface area contributed by atoms with Gasteiger partial charge in [-0.25, -0.2) is 14.6 Å². The number of fused-ring (bicyclic) bond motifs is 1. The number of anilines is 1.